The summed E-state index contributed by atoms with van der Waals surface area (Å²) >= 11 is 0. The van der Waals surface area contributed by atoms with Crippen LogP contribution in [-0.2, 0) is 9.47 Å². The molecule has 0 aromatic rings. The molecule has 2 saturated heterocycles. The second kappa shape index (κ2) is 6.97. The zero-order valence-electron chi connectivity index (χ0n) is 14.0. The highest BCUT2D eigenvalue weighted by atomic mass is 16.7. The summed E-state index contributed by atoms with van der Waals surface area (Å²) < 4.78 is 12.5. The van der Waals surface area contributed by atoms with Crippen LogP contribution in [0.3, 0.4) is 0 Å². The minimum atomic E-state index is -0.218. The van der Waals surface area contributed by atoms with E-state index >= 15 is 0 Å². The van der Waals surface area contributed by atoms with Gasteiger partial charge in [-0.3, -0.25) is 0 Å². The minimum absolute atomic E-state index is 0.218. The Balaban J connectivity index is 1.46. The fourth-order valence-corrected chi connectivity index (χ4v) is 4.38. The Hall–Kier alpha value is -0.120. The number of piperidine rings is 1. The maximum Gasteiger partial charge on any atom is 0.168 e. The maximum atomic E-state index is 6.39. The topological polar surface area (TPSA) is 21.7 Å². The molecule has 3 nitrogen and oxygen atoms in total. The van der Waals surface area contributed by atoms with E-state index in [0.717, 1.165) is 37.8 Å². The van der Waals surface area contributed by atoms with Gasteiger partial charge in [0.05, 0.1) is 12.7 Å². The van der Waals surface area contributed by atoms with Crippen molar-refractivity contribution in [2.24, 2.45) is 11.8 Å². The Morgan fingerprint density at radius 1 is 1.14 bits per heavy atom. The van der Waals surface area contributed by atoms with Gasteiger partial charge in [-0.2, -0.15) is 0 Å². The van der Waals surface area contributed by atoms with Gasteiger partial charge in [-0.15, -0.1) is 0 Å². The van der Waals surface area contributed by atoms with E-state index in [9.17, 15) is 0 Å². The third kappa shape index (κ3) is 3.80. The molecule has 122 valence electrons. The van der Waals surface area contributed by atoms with Gasteiger partial charge in [-0.05, 0) is 50.6 Å². The molecule has 0 bridgehead atoms. The molecule has 0 aromatic heterocycles. The first-order valence-electron chi connectivity index (χ1n) is 9.25. The van der Waals surface area contributed by atoms with Crippen molar-refractivity contribution in [3.63, 3.8) is 0 Å². The zero-order valence-corrected chi connectivity index (χ0v) is 14.0. The van der Waals surface area contributed by atoms with Crippen LogP contribution < -0.4 is 0 Å². The van der Waals surface area contributed by atoms with Gasteiger partial charge in [0.15, 0.2) is 5.79 Å². The fraction of sp³-hybridized carbons (Fsp3) is 1.00. The van der Waals surface area contributed by atoms with Crippen LogP contribution in [0.1, 0.15) is 65.2 Å². The summed E-state index contributed by atoms with van der Waals surface area (Å²) in [5, 5.41) is 0. The Morgan fingerprint density at radius 2 is 1.86 bits per heavy atom. The molecule has 1 saturated carbocycles. The Morgan fingerprint density at radius 3 is 2.52 bits per heavy atom. The van der Waals surface area contributed by atoms with E-state index in [4.69, 9.17) is 9.47 Å². The molecular formula is C18H33NO2. The van der Waals surface area contributed by atoms with Crippen molar-refractivity contribution in [2.75, 3.05) is 26.2 Å². The summed E-state index contributed by atoms with van der Waals surface area (Å²) in [5.74, 6) is 1.52. The molecule has 21 heavy (non-hydrogen) atoms. The molecule has 1 aliphatic carbocycles. The molecule has 2 atom stereocenters. The molecule has 2 aliphatic heterocycles. The van der Waals surface area contributed by atoms with Crippen molar-refractivity contribution in [3.8, 4) is 0 Å². The normalized spacial score (nSPS) is 39.7. The Bertz CT molecular complexity index is 319. The largest absolute Gasteiger partial charge is 0.347 e. The molecule has 2 heterocycles. The summed E-state index contributed by atoms with van der Waals surface area (Å²) in [6.07, 6.45) is 10.5. The van der Waals surface area contributed by atoms with E-state index in [1.807, 2.05) is 0 Å². The SMILES string of the molecule is CCC(C)C1CCC2(CC1)OCC(CN1CCCCC1)O2. The number of hydrogen-bond acceptors (Lipinski definition) is 3. The number of likely N-dealkylation sites (tertiary alicyclic amines) is 1. The second-order valence-corrected chi connectivity index (χ2v) is 7.55. The Labute approximate surface area is 130 Å². The predicted molar refractivity (Wildman–Crippen MR) is 85.3 cm³/mol. The average molecular weight is 295 g/mol. The van der Waals surface area contributed by atoms with Crippen LogP contribution in [0.4, 0.5) is 0 Å². The number of ether oxygens (including phenoxy) is 2. The molecule has 3 aliphatic rings. The highest BCUT2D eigenvalue weighted by Crippen LogP contribution is 2.42. The molecular weight excluding hydrogens is 262 g/mol. The van der Waals surface area contributed by atoms with Crippen LogP contribution in [0.15, 0.2) is 0 Å². The van der Waals surface area contributed by atoms with E-state index in [1.165, 1.54) is 51.6 Å². The summed E-state index contributed by atoms with van der Waals surface area (Å²) in [6, 6.07) is 0. The summed E-state index contributed by atoms with van der Waals surface area (Å²) in [4.78, 5) is 2.57. The smallest absolute Gasteiger partial charge is 0.168 e. The van der Waals surface area contributed by atoms with Gasteiger partial charge in [0.25, 0.3) is 0 Å². The van der Waals surface area contributed by atoms with Gasteiger partial charge < -0.3 is 14.4 Å². The van der Waals surface area contributed by atoms with Gasteiger partial charge in [0.2, 0.25) is 0 Å². The van der Waals surface area contributed by atoms with Crippen LogP contribution in [0.2, 0.25) is 0 Å². The monoisotopic (exact) mass is 295 g/mol. The first-order valence-corrected chi connectivity index (χ1v) is 9.25. The average Bonchev–Trinajstić information content (AvgIpc) is 2.91. The van der Waals surface area contributed by atoms with Crippen LogP contribution in [-0.4, -0.2) is 43.0 Å². The van der Waals surface area contributed by atoms with Crippen molar-refractivity contribution in [3.05, 3.63) is 0 Å². The van der Waals surface area contributed by atoms with E-state index in [-0.39, 0.29) is 5.79 Å². The van der Waals surface area contributed by atoms with Crippen molar-refractivity contribution in [1.29, 1.82) is 0 Å². The fourth-order valence-electron chi connectivity index (χ4n) is 4.38. The lowest BCUT2D eigenvalue weighted by Gasteiger charge is -2.38. The van der Waals surface area contributed by atoms with E-state index in [0.29, 0.717) is 6.10 Å². The lowest BCUT2D eigenvalue weighted by Crippen LogP contribution is -2.40. The lowest BCUT2D eigenvalue weighted by molar-refractivity contribution is -0.195. The molecule has 3 rings (SSSR count). The molecule has 0 amide bonds. The van der Waals surface area contributed by atoms with Crippen LogP contribution >= 0.6 is 0 Å². The number of nitrogens with zero attached hydrogens (tertiary/aromatic N) is 1. The van der Waals surface area contributed by atoms with Gasteiger partial charge in [-0.1, -0.05) is 26.7 Å². The van der Waals surface area contributed by atoms with Gasteiger partial charge in [-0.25, -0.2) is 0 Å². The summed E-state index contributed by atoms with van der Waals surface area (Å²) in [6.45, 7) is 9.11. The van der Waals surface area contributed by atoms with E-state index in [1.54, 1.807) is 0 Å². The minimum Gasteiger partial charge on any atom is -0.347 e. The second-order valence-electron chi connectivity index (χ2n) is 7.55. The third-order valence-electron chi connectivity index (χ3n) is 6.06. The van der Waals surface area contributed by atoms with Crippen LogP contribution in [0, 0.1) is 11.8 Å². The van der Waals surface area contributed by atoms with Gasteiger partial charge in [0.1, 0.15) is 0 Å². The highest BCUT2D eigenvalue weighted by molar-refractivity contribution is 4.87. The third-order valence-corrected chi connectivity index (χ3v) is 6.06. The van der Waals surface area contributed by atoms with Crippen molar-refractivity contribution in [2.45, 2.75) is 77.1 Å². The molecule has 3 fully saturated rings. The predicted octanol–water partition coefficient (Wildman–Crippen LogP) is 3.82. The first kappa shape index (κ1) is 15.8. The molecule has 1 spiro atoms. The van der Waals surface area contributed by atoms with E-state index < -0.39 is 0 Å². The van der Waals surface area contributed by atoms with Crippen molar-refractivity contribution >= 4 is 0 Å². The number of hydrogen-bond donors (Lipinski definition) is 0. The molecule has 0 N–H and O–H groups in total. The lowest BCUT2D eigenvalue weighted by atomic mass is 9.77. The van der Waals surface area contributed by atoms with Crippen molar-refractivity contribution < 1.29 is 9.47 Å². The van der Waals surface area contributed by atoms with Crippen LogP contribution in [0.5, 0.6) is 0 Å². The van der Waals surface area contributed by atoms with Crippen molar-refractivity contribution in [1.82, 2.24) is 4.90 Å². The quantitative estimate of drug-likeness (QED) is 0.787. The zero-order chi connectivity index (χ0) is 14.7. The maximum absolute atomic E-state index is 6.39. The summed E-state index contributed by atoms with van der Waals surface area (Å²) in [7, 11) is 0. The molecule has 3 heteroatoms. The first-order chi connectivity index (χ1) is 10.2. The molecule has 0 radical (unpaired) electrons. The van der Waals surface area contributed by atoms with E-state index in [2.05, 4.69) is 18.7 Å². The van der Waals surface area contributed by atoms with Crippen LogP contribution in [0.25, 0.3) is 0 Å². The molecule has 0 aromatic carbocycles. The van der Waals surface area contributed by atoms with Gasteiger partial charge in [0, 0.05) is 19.4 Å². The Kier molecular flexibility index (Phi) is 5.23. The molecule has 2 unspecified atom stereocenters. The standard InChI is InChI=1S/C18H33NO2/c1-3-15(2)16-7-9-18(10-8-16)20-14-17(21-18)13-19-11-5-4-6-12-19/h15-17H,3-14H2,1-2H3. The number of rotatable bonds is 4. The van der Waals surface area contributed by atoms with Gasteiger partial charge >= 0.3 is 0 Å². The summed E-state index contributed by atoms with van der Waals surface area (Å²) in [5.41, 5.74) is 0. The highest BCUT2D eigenvalue weighted by Gasteiger charge is 2.44.